The Kier molecular flexibility index (Phi) is 6.12. The number of benzene rings is 3. The lowest BCUT2D eigenvalue weighted by Gasteiger charge is -2.20. The Morgan fingerprint density at radius 1 is 1.11 bits per heavy atom. The van der Waals surface area contributed by atoms with Crippen LogP contribution < -0.4 is 10.3 Å². The van der Waals surface area contributed by atoms with E-state index in [1.165, 1.54) is 12.1 Å². The molecule has 1 amide bonds. The summed E-state index contributed by atoms with van der Waals surface area (Å²) in [6.07, 6.45) is 2.27. The van der Waals surface area contributed by atoms with E-state index >= 15 is 0 Å². The molecule has 35 heavy (non-hydrogen) atoms. The van der Waals surface area contributed by atoms with Crippen molar-refractivity contribution in [3.8, 4) is 11.5 Å². The van der Waals surface area contributed by atoms with Crippen molar-refractivity contribution in [2.24, 2.45) is 0 Å². The molecule has 0 aliphatic carbocycles. The van der Waals surface area contributed by atoms with Gasteiger partial charge in [0.1, 0.15) is 11.5 Å². The monoisotopic (exact) mass is 471 g/mol. The third-order valence-electron chi connectivity index (χ3n) is 6.14. The standard InChI is InChI=1S/C27H25N3O5/c1-29-17-25(35-28-29)19-9-11-23(12-10-19)34-24-13-20(27(32)33)7-8-21(24)15-30-16-22(14-26(30)31)18-5-3-2-4-6-18/h2-13,17,22,28H,14-16H2,1H3,(H,32,33). The molecule has 0 aromatic heterocycles. The number of carbonyl (C=O) groups excluding carboxylic acids is 1. The Hall–Kier alpha value is -4.30. The van der Waals surface area contributed by atoms with Crippen LogP contribution >= 0.6 is 0 Å². The summed E-state index contributed by atoms with van der Waals surface area (Å²) in [4.78, 5) is 31.5. The highest BCUT2D eigenvalue weighted by molar-refractivity contribution is 5.88. The van der Waals surface area contributed by atoms with Gasteiger partial charge in [0.2, 0.25) is 5.91 Å². The van der Waals surface area contributed by atoms with E-state index in [2.05, 4.69) is 5.59 Å². The number of nitrogens with one attached hydrogen (secondary N) is 1. The van der Waals surface area contributed by atoms with Gasteiger partial charge in [-0.15, -0.1) is 0 Å². The van der Waals surface area contributed by atoms with Crippen LogP contribution in [0.3, 0.4) is 0 Å². The first-order valence-corrected chi connectivity index (χ1v) is 11.3. The molecule has 1 saturated heterocycles. The maximum Gasteiger partial charge on any atom is 0.335 e. The molecule has 0 radical (unpaired) electrons. The second-order valence-corrected chi connectivity index (χ2v) is 8.64. The summed E-state index contributed by atoms with van der Waals surface area (Å²) in [6.45, 7) is 0.948. The normalized spacial score (nSPS) is 17.3. The number of carbonyl (C=O) groups is 2. The molecule has 3 aromatic rings. The number of carboxylic acid groups (broad SMARTS) is 1. The summed E-state index contributed by atoms with van der Waals surface area (Å²) in [5, 5.41) is 11.2. The number of likely N-dealkylation sites (tertiary alicyclic amines) is 1. The van der Waals surface area contributed by atoms with Crippen LogP contribution in [0.4, 0.5) is 0 Å². The maximum atomic E-state index is 12.8. The number of hydrazine groups is 1. The molecule has 3 aromatic carbocycles. The molecule has 0 spiro atoms. The summed E-state index contributed by atoms with van der Waals surface area (Å²) in [5.74, 6) is 0.798. The molecule has 2 aliphatic rings. The summed E-state index contributed by atoms with van der Waals surface area (Å²) < 4.78 is 6.11. The minimum absolute atomic E-state index is 0.0693. The molecule has 0 bridgehead atoms. The lowest BCUT2D eigenvalue weighted by Crippen LogP contribution is -2.24. The summed E-state index contributed by atoms with van der Waals surface area (Å²) in [5.41, 5.74) is 5.59. The minimum atomic E-state index is -1.04. The number of rotatable bonds is 7. The van der Waals surface area contributed by atoms with Crippen molar-refractivity contribution >= 4 is 17.6 Å². The fourth-order valence-electron chi connectivity index (χ4n) is 4.29. The molecule has 0 saturated carbocycles. The van der Waals surface area contributed by atoms with Crippen LogP contribution in [0.2, 0.25) is 0 Å². The van der Waals surface area contributed by atoms with Crippen LogP contribution in [0.25, 0.3) is 5.76 Å². The van der Waals surface area contributed by atoms with E-state index in [0.29, 0.717) is 36.8 Å². The molecular weight excluding hydrogens is 446 g/mol. The quantitative estimate of drug-likeness (QED) is 0.529. The van der Waals surface area contributed by atoms with Gasteiger partial charge in [0.05, 0.1) is 11.8 Å². The van der Waals surface area contributed by atoms with E-state index in [-0.39, 0.29) is 17.4 Å². The van der Waals surface area contributed by atoms with Crippen LogP contribution in [0, 0.1) is 0 Å². The highest BCUT2D eigenvalue weighted by Gasteiger charge is 2.31. The van der Waals surface area contributed by atoms with Crippen molar-refractivity contribution in [2.75, 3.05) is 13.6 Å². The van der Waals surface area contributed by atoms with Gasteiger partial charge in [0, 0.05) is 43.6 Å². The smallest absolute Gasteiger partial charge is 0.335 e. The van der Waals surface area contributed by atoms with Gasteiger partial charge in [0.15, 0.2) is 5.76 Å². The van der Waals surface area contributed by atoms with E-state index in [1.54, 1.807) is 28.1 Å². The summed E-state index contributed by atoms with van der Waals surface area (Å²) in [6, 6.07) is 22.1. The molecule has 5 rings (SSSR count). The predicted octanol–water partition coefficient (Wildman–Crippen LogP) is 4.37. The van der Waals surface area contributed by atoms with Gasteiger partial charge in [-0.1, -0.05) is 42.0 Å². The Labute approximate surface area is 202 Å². The van der Waals surface area contributed by atoms with Crippen molar-refractivity contribution in [1.29, 1.82) is 0 Å². The zero-order valence-corrected chi connectivity index (χ0v) is 19.2. The molecule has 2 heterocycles. The third-order valence-corrected chi connectivity index (χ3v) is 6.14. The van der Waals surface area contributed by atoms with Gasteiger partial charge in [0.25, 0.3) is 0 Å². The number of hydrogen-bond acceptors (Lipinski definition) is 6. The Bertz CT molecular complexity index is 1270. The number of ether oxygens (including phenoxy) is 1. The highest BCUT2D eigenvalue weighted by atomic mass is 16.7. The average Bonchev–Trinajstić information content (AvgIpc) is 3.46. The van der Waals surface area contributed by atoms with E-state index in [4.69, 9.17) is 9.57 Å². The zero-order valence-electron chi connectivity index (χ0n) is 19.2. The van der Waals surface area contributed by atoms with E-state index in [9.17, 15) is 14.7 Å². The third kappa shape index (κ3) is 4.97. The van der Waals surface area contributed by atoms with Crippen molar-refractivity contribution in [3.05, 3.63) is 101 Å². The Morgan fingerprint density at radius 2 is 1.89 bits per heavy atom. The number of amides is 1. The molecule has 2 aliphatic heterocycles. The Balaban J connectivity index is 1.36. The Morgan fingerprint density at radius 3 is 2.57 bits per heavy atom. The molecule has 2 N–H and O–H groups in total. The van der Waals surface area contributed by atoms with Crippen LogP contribution in [0.15, 0.2) is 79.0 Å². The summed E-state index contributed by atoms with van der Waals surface area (Å²) >= 11 is 0. The maximum absolute atomic E-state index is 12.8. The number of aromatic carboxylic acids is 1. The molecule has 1 unspecified atom stereocenters. The van der Waals surface area contributed by atoms with E-state index in [1.807, 2.05) is 55.7 Å². The molecule has 178 valence electrons. The second-order valence-electron chi connectivity index (χ2n) is 8.64. The summed E-state index contributed by atoms with van der Waals surface area (Å²) in [7, 11) is 1.83. The van der Waals surface area contributed by atoms with Crippen molar-refractivity contribution < 1.29 is 24.3 Å². The number of nitrogens with zero attached hydrogens (tertiary/aromatic N) is 2. The van der Waals surface area contributed by atoms with Crippen LogP contribution in [-0.4, -0.2) is 40.5 Å². The molecule has 1 atom stereocenters. The first kappa shape index (κ1) is 22.5. The van der Waals surface area contributed by atoms with Crippen molar-refractivity contribution in [1.82, 2.24) is 15.5 Å². The van der Waals surface area contributed by atoms with Crippen LogP contribution in [-0.2, 0) is 16.2 Å². The highest BCUT2D eigenvalue weighted by Crippen LogP contribution is 2.33. The molecular formula is C27H25N3O5. The SMILES string of the molecule is CN1C=C(c2ccc(Oc3cc(C(=O)O)ccc3CN3CC(c4ccccc4)CC3=O)cc2)ON1. The first-order valence-electron chi connectivity index (χ1n) is 11.3. The van der Waals surface area contributed by atoms with Gasteiger partial charge in [-0.05, 0) is 42.0 Å². The van der Waals surface area contributed by atoms with Crippen molar-refractivity contribution in [2.45, 2.75) is 18.9 Å². The first-order chi connectivity index (χ1) is 17.0. The van der Waals surface area contributed by atoms with Gasteiger partial charge >= 0.3 is 5.97 Å². The average molecular weight is 472 g/mol. The molecule has 8 nitrogen and oxygen atoms in total. The van der Waals surface area contributed by atoms with Gasteiger partial charge in [-0.2, -0.15) is 0 Å². The zero-order chi connectivity index (χ0) is 24.4. The van der Waals surface area contributed by atoms with Gasteiger partial charge in [-0.3, -0.25) is 9.80 Å². The van der Waals surface area contributed by atoms with Crippen molar-refractivity contribution in [3.63, 3.8) is 0 Å². The number of carboxylic acids is 1. The van der Waals surface area contributed by atoms with E-state index < -0.39 is 5.97 Å². The van der Waals surface area contributed by atoms with Gasteiger partial charge < -0.3 is 19.6 Å². The van der Waals surface area contributed by atoms with Gasteiger partial charge in [-0.25, -0.2) is 4.79 Å². The molecule has 8 heteroatoms. The fraction of sp³-hybridized carbons (Fsp3) is 0.185. The lowest BCUT2D eigenvalue weighted by atomic mass is 9.98. The lowest BCUT2D eigenvalue weighted by molar-refractivity contribution is -0.128. The van der Waals surface area contributed by atoms with E-state index in [0.717, 1.165) is 16.7 Å². The van der Waals surface area contributed by atoms with Crippen LogP contribution in [0.1, 0.15) is 39.4 Å². The fourth-order valence-corrected chi connectivity index (χ4v) is 4.29. The molecule has 1 fully saturated rings. The number of hydrogen-bond donors (Lipinski definition) is 2. The topological polar surface area (TPSA) is 91.3 Å². The van der Waals surface area contributed by atoms with Crippen LogP contribution in [0.5, 0.6) is 11.5 Å². The second kappa shape index (κ2) is 9.52. The minimum Gasteiger partial charge on any atom is -0.478 e. The largest absolute Gasteiger partial charge is 0.478 e. The predicted molar refractivity (Wildman–Crippen MR) is 129 cm³/mol.